The average Bonchev–Trinajstić information content (AvgIpc) is 3.28. The number of rotatable bonds is 23. The number of nitrogens with zero attached hydrogens (tertiary/aromatic N) is 2. The third kappa shape index (κ3) is 12.3. The summed E-state index contributed by atoms with van der Waals surface area (Å²) in [5.74, 6) is 2.59. The Balaban J connectivity index is 1.46. The molecule has 0 amide bonds. The summed E-state index contributed by atoms with van der Waals surface area (Å²) >= 11 is 3.67. The molecule has 1 heterocycles. The van der Waals surface area contributed by atoms with E-state index in [1.807, 2.05) is 79.0 Å². The van der Waals surface area contributed by atoms with Gasteiger partial charge in [0.2, 0.25) is 15.4 Å². The van der Waals surface area contributed by atoms with Crippen molar-refractivity contribution in [3.63, 3.8) is 0 Å². The van der Waals surface area contributed by atoms with Crippen LogP contribution in [0.1, 0.15) is 66.2 Å². The van der Waals surface area contributed by atoms with Crippen molar-refractivity contribution in [3.8, 4) is 22.5 Å². The van der Waals surface area contributed by atoms with E-state index in [0.29, 0.717) is 27.9 Å². The fraction of sp³-hybridized carbons (Fsp3) is 0.367. The Bertz CT molecular complexity index is 2650. The van der Waals surface area contributed by atoms with Crippen LogP contribution < -0.4 is 19.6 Å². The second-order valence-electron chi connectivity index (χ2n) is 15.4. The van der Waals surface area contributed by atoms with Crippen molar-refractivity contribution in [1.29, 1.82) is 0 Å². The summed E-state index contributed by atoms with van der Waals surface area (Å²) < 4.78 is 78.0. The van der Waals surface area contributed by atoms with Crippen molar-refractivity contribution in [2.45, 2.75) is 85.8 Å². The van der Waals surface area contributed by atoms with Crippen molar-refractivity contribution in [2.24, 2.45) is 5.92 Å². The molecule has 1 atom stereocenters. The van der Waals surface area contributed by atoms with E-state index in [9.17, 15) is 21.4 Å². The Hall–Kier alpha value is -4.11. The summed E-state index contributed by atoms with van der Waals surface area (Å²) in [6.45, 7) is 11.8. The van der Waals surface area contributed by atoms with Gasteiger partial charge in [0.25, 0.3) is 0 Å². The fourth-order valence-corrected chi connectivity index (χ4v) is 11.4. The quantitative estimate of drug-likeness (QED) is 0.0220. The first-order valence-electron chi connectivity index (χ1n) is 21.7. The molecule has 1 aliphatic heterocycles. The van der Waals surface area contributed by atoms with Gasteiger partial charge in [-0.2, -0.15) is 0 Å². The summed E-state index contributed by atoms with van der Waals surface area (Å²) in [7, 11) is -9.29. The maximum Gasteiger partial charge on any atom is 0.241 e. The van der Waals surface area contributed by atoms with E-state index >= 15 is 0 Å². The maximum absolute atomic E-state index is 14.4. The molecule has 0 fully saturated rings. The second kappa shape index (κ2) is 22.5. The second-order valence-corrected chi connectivity index (χ2v) is 20.9. The van der Waals surface area contributed by atoms with Crippen LogP contribution in [0.2, 0.25) is 0 Å². The van der Waals surface area contributed by atoms with Gasteiger partial charge in [-0.1, -0.05) is 75.6 Å². The number of sulfonamides is 1. The number of nitrogens with one attached hydrogen (secondary N) is 1. The summed E-state index contributed by atoms with van der Waals surface area (Å²) in [5, 5.41) is 1.64. The summed E-state index contributed by atoms with van der Waals surface area (Å²) in [6, 6.07) is 36.4. The molecule has 9 nitrogen and oxygen atoms in total. The number of fused-ring (bicyclic) bond motifs is 2. The molecule has 1 unspecified atom stereocenters. The first kappa shape index (κ1) is 47.4. The molecule has 0 radical (unpaired) electrons. The number of thioether (sulfide) groups is 2. The van der Waals surface area contributed by atoms with E-state index < -0.39 is 25.0 Å². The van der Waals surface area contributed by atoms with Gasteiger partial charge in [-0.15, -0.1) is 23.5 Å². The van der Waals surface area contributed by atoms with Crippen LogP contribution in [0.3, 0.4) is 0 Å². The molecule has 4 aromatic rings. The molecule has 1 aliphatic carbocycles. The predicted octanol–water partition coefficient (Wildman–Crippen LogP) is 10.6. The predicted molar refractivity (Wildman–Crippen MR) is 257 cm³/mol. The zero-order chi connectivity index (χ0) is 44.1. The van der Waals surface area contributed by atoms with Crippen molar-refractivity contribution in [1.82, 2.24) is 9.30 Å². The van der Waals surface area contributed by atoms with Gasteiger partial charge in [0.1, 0.15) is 34.6 Å². The standard InChI is InChI=1S/C49H59N3O6S4/c1-5-9-18-37(6-2)36-50-61(53,54)48-35-42(62(55,56)57)25-28-45(48)49-43-26-23-38(51(7-3)29-16-31-59-40-19-12-10-13-20-40)33-46(43)58-47-34-39(24-27-44(47)49)52(8-4)30-17-32-60-41-21-14-11-15-22-41/h10-15,19-28,33-35,37,50H,5-9,16-18,29-32,36H2,1-4H3. The third-order valence-corrected chi connectivity index (χ3v) is 15.7. The Morgan fingerprint density at radius 1 is 0.758 bits per heavy atom. The minimum Gasteiger partial charge on any atom is -0.744 e. The van der Waals surface area contributed by atoms with Gasteiger partial charge in [0.15, 0.2) is 0 Å². The lowest BCUT2D eigenvalue weighted by atomic mass is 9.93. The Labute approximate surface area is 377 Å². The minimum absolute atomic E-state index is 0.102. The maximum atomic E-state index is 14.4. The van der Waals surface area contributed by atoms with Crippen LogP contribution >= 0.6 is 23.5 Å². The van der Waals surface area contributed by atoms with Gasteiger partial charge in [0.05, 0.1) is 15.9 Å². The Morgan fingerprint density at radius 3 is 2.06 bits per heavy atom. The fourth-order valence-electron chi connectivity index (χ4n) is 7.75. The number of unbranched alkanes of at least 4 members (excludes halogenated alkanes) is 1. The van der Waals surface area contributed by atoms with Crippen molar-refractivity contribution in [2.75, 3.05) is 49.1 Å². The van der Waals surface area contributed by atoms with E-state index in [-0.39, 0.29) is 22.9 Å². The highest BCUT2D eigenvalue weighted by Gasteiger charge is 2.27. The molecule has 4 aromatic carbocycles. The monoisotopic (exact) mass is 913 g/mol. The molecule has 6 rings (SSSR count). The molecule has 0 aromatic heterocycles. The van der Waals surface area contributed by atoms with E-state index in [0.717, 1.165) is 93.3 Å². The summed E-state index contributed by atoms with van der Waals surface area (Å²) in [4.78, 5) is 3.92. The van der Waals surface area contributed by atoms with Gasteiger partial charge < -0.3 is 13.9 Å². The van der Waals surface area contributed by atoms with Crippen LogP contribution in [0.4, 0.5) is 5.69 Å². The first-order valence-corrected chi connectivity index (χ1v) is 26.6. The lowest BCUT2D eigenvalue weighted by Crippen LogP contribution is -2.31. The molecule has 0 saturated carbocycles. The molecule has 0 spiro atoms. The van der Waals surface area contributed by atoms with E-state index in [2.05, 4.69) is 83.5 Å². The third-order valence-electron chi connectivity index (χ3n) is 11.3. The molecule has 62 heavy (non-hydrogen) atoms. The zero-order valence-corrected chi connectivity index (χ0v) is 39.5. The van der Waals surface area contributed by atoms with Crippen LogP contribution in [-0.2, 0) is 20.1 Å². The highest BCUT2D eigenvalue weighted by Crippen LogP contribution is 2.43. The van der Waals surface area contributed by atoms with E-state index in [1.165, 1.54) is 21.9 Å². The molecular weight excluding hydrogens is 855 g/mol. The highest BCUT2D eigenvalue weighted by molar-refractivity contribution is 7.99. The number of anilines is 1. The van der Waals surface area contributed by atoms with Crippen molar-refractivity contribution < 1.29 is 25.8 Å². The van der Waals surface area contributed by atoms with Crippen LogP contribution in [0.15, 0.2) is 139 Å². The zero-order valence-electron chi connectivity index (χ0n) is 36.2. The van der Waals surface area contributed by atoms with Gasteiger partial charge in [-0.05, 0) is 93.0 Å². The van der Waals surface area contributed by atoms with E-state index in [4.69, 9.17) is 4.42 Å². The molecular formula is C49H59N3O6S4. The molecule has 330 valence electrons. The van der Waals surface area contributed by atoms with Crippen molar-refractivity contribution >= 4 is 60.3 Å². The van der Waals surface area contributed by atoms with Gasteiger partial charge in [-0.3, -0.25) is 0 Å². The minimum atomic E-state index is -4.98. The van der Waals surface area contributed by atoms with Crippen LogP contribution in [0, 0.1) is 5.92 Å². The number of benzene rings is 5. The summed E-state index contributed by atoms with van der Waals surface area (Å²) in [6.07, 6.45) is 5.53. The van der Waals surface area contributed by atoms with Crippen LogP contribution in [0.5, 0.6) is 0 Å². The summed E-state index contributed by atoms with van der Waals surface area (Å²) in [5.41, 5.74) is 3.06. The number of hydrogen-bond donors (Lipinski definition) is 1. The lowest BCUT2D eigenvalue weighted by Gasteiger charge is -2.24. The Kier molecular flexibility index (Phi) is 17.2. The average molecular weight is 914 g/mol. The van der Waals surface area contributed by atoms with Crippen LogP contribution in [-0.4, -0.2) is 65.6 Å². The SMILES string of the molecule is CCCCC(CC)CNS(=O)(=O)c1cc(S(=O)(=O)[O-])ccc1-c1c2ccc(=[N+](CC)CCCSc3ccccc3)cc-2oc2cc(N(CC)CCCSc3ccccc3)ccc12. The van der Waals surface area contributed by atoms with Crippen molar-refractivity contribution in [3.05, 3.63) is 121 Å². The molecule has 1 N–H and O–H groups in total. The van der Waals surface area contributed by atoms with Gasteiger partial charge in [-0.25, -0.2) is 26.1 Å². The van der Waals surface area contributed by atoms with Gasteiger partial charge >= 0.3 is 0 Å². The highest BCUT2D eigenvalue weighted by atomic mass is 32.2. The molecule has 13 heteroatoms. The largest absolute Gasteiger partial charge is 0.744 e. The molecule has 2 aliphatic rings. The lowest BCUT2D eigenvalue weighted by molar-refractivity contribution is 0.443. The van der Waals surface area contributed by atoms with E-state index in [1.54, 1.807) is 0 Å². The normalized spacial score (nSPS) is 13.1. The smallest absolute Gasteiger partial charge is 0.241 e. The van der Waals surface area contributed by atoms with Crippen LogP contribution in [0.25, 0.3) is 33.4 Å². The molecule has 0 bridgehead atoms. The molecule has 0 saturated heterocycles. The first-order chi connectivity index (χ1) is 29.9. The Morgan fingerprint density at radius 2 is 1.44 bits per heavy atom. The number of hydrogen-bond acceptors (Lipinski definition) is 9. The topological polar surface area (TPSA) is 123 Å². The van der Waals surface area contributed by atoms with Gasteiger partial charge in [0, 0.05) is 81.5 Å².